The molecule has 2 aliphatic heterocycles. The highest BCUT2D eigenvalue weighted by Gasteiger charge is 2.63. The van der Waals surface area contributed by atoms with Gasteiger partial charge in [0, 0.05) is 11.1 Å². The van der Waals surface area contributed by atoms with Crippen LogP contribution in [0.15, 0.2) is 41.5 Å². The van der Waals surface area contributed by atoms with Crippen LogP contribution in [0.1, 0.15) is 0 Å². The van der Waals surface area contributed by atoms with Gasteiger partial charge in [-0.25, -0.2) is 13.6 Å². The number of amides is 1. The molecule has 9 heteroatoms. The van der Waals surface area contributed by atoms with Crippen molar-refractivity contribution in [1.82, 2.24) is 0 Å². The van der Waals surface area contributed by atoms with E-state index in [1.165, 1.54) is 5.41 Å². The Bertz CT molecular complexity index is 704. The second-order valence-corrected chi connectivity index (χ2v) is 7.15. The van der Waals surface area contributed by atoms with Gasteiger partial charge in [-0.15, -0.1) is 11.8 Å². The SMILES string of the molecule is NS(=O)(=O)C12OCOC1=CSC2C(=O)Nc1ccccc1. The summed E-state index contributed by atoms with van der Waals surface area (Å²) in [4.78, 5) is 10.4. The zero-order valence-corrected chi connectivity index (χ0v) is 12.3. The highest BCUT2D eigenvalue weighted by molar-refractivity contribution is 8.05. The Labute approximate surface area is 125 Å². The monoisotopic (exact) mass is 328 g/mol. The molecule has 7 nitrogen and oxygen atoms in total. The van der Waals surface area contributed by atoms with E-state index in [0.29, 0.717) is 5.69 Å². The molecule has 21 heavy (non-hydrogen) atoms. The van der Waals surface area contributed by atoms with Crippen molar-refractivity contribution in [2.24, 2.45) is 5.14 Å². The Morgan fingerprint density at radius 1 is 1.38 bits per heavy atom. The summed E-state index contributed by atoms with van der Waals surface area (Å²) in [7, 11) is -4.18. The molecule has 1 aromatic carbocycles. The van der Waals surface area contributed by atoms with E-state index in [1.807, 2.05) is 0 Å². The molecule has 1 fully saturated rings. The highest BCUT2D eigenvalue weighted by atomic mass is 32.2. The molecule has 1 aromatic rings. The Morgan fingerprint density at radius 3 is 2.76 bits per heavy atom. The van der Waals surface area contributed by atoms with Crippen LogP contribution in [0.25, 0.3) is 0 Å². The summed E-state index contributed by atoms with van der Waals surface area (Å²) in [6.07, 6.45) is 0. The van der Waals surface area contributed by atoms with Crippen LogP contribution in [0.5, 0.6) is 0 Å². The molecule has 1 saturated heterocycles. The van der Waals surface area contributed by atoms with Crippen molar-refractivity contribution in [2.45, 2.75) is 10.2 Å². The van der Waals surface area contributed by atoms with E-state index in [9.17, 15) is 13.2 Å². The number of para-hydroxylation sites is 1. The second-order valence-electron chi connectivity index (χ2n) is 4.47. The lowest BCUT2D eigenvalue weighted by molar-refractivity contribution is -0.118. The largest absolute Gasteiger partial charge is 0.467 e. The fourth-order valence-electron chi connectivity index (χ4n) is 2.23. The summed E-state index contributed by atoms with van der Waals surface area (Å²) in [5, 5.41) is 8.30. The molecule has 1 amide bonds. The first-order valence-corrected chi connectivity index (χ1v) is 8.45. The van der Waals surface area contributed by atoms with Crippen molar-refractivity contribution in [3.05, 3.63) is 41.5 Å². The van der Waals surface area contributed by atoms with Gasteiger partial charge in [-0.1, -0.05) is 18.2 Å². The molecule has 3 N–H and O–H groups in total. The maximum absolute atomic E-state index is 12.4. The average molecular weight is 328 g/mol. The lowest BCUT2D eigenvalue weighted by Crippen LogP contribution is -2.54. The molecule has 0 aromatic heterocycles. The number of carbonyl (C=O) groups is 1. The van der Waals surface area contributed by atoms with Gasteiger partial charge in [0.25, 0.3) is 4.93 Å². The molecule has 112 valence electrons. The van der Waals surface area contributed by atoms with E-state index in [2.05, 4.69) is 5.32 Å². The Morgan fingerprint density at radius 2 is 2.10 bits per heavy atom. The van der Waals surface area contributed by atoms with Crippen molar-refractivity contribution >= 4 is 33.4 Å². The predicted octanol–water partition coefficient (Wildman–Crippen LogP) is 0.571. The number of carbonyl (C=O) groups excluding carboxylic acids is 1. The predicted molar refractivity (Wildman–Crippen MR) is 77.4 cm³/mol. The van der Waals surface area contributed by atoms with Crippen LogP contribution in [-0.2, 0) is 24.3 Å². The molecule has 3 rings (SSSR count). The lowest BCUT2D eigenvalue weighted by atomic mass is 10.2. The molecule has 2 aliphatic rings. The van der Waals surface area contributed by atoms with E-state index in [0.717, 1.165) is 11.8 Å². The third kappa shape index (κ3) is 2.22. The Hall–Kier alpha value is -1.55. The number of ether oxygens (including phenoxy) is 2. The normalized spacial score (nSPS) is 27.7. The van der Waals surface area contributed by atoms with Crippen molar-refractivity contribution in [2.75, 3.05) is 12.1 Å². The van der Waals surface area contributed by atoms with Crippen LogP contribution in [0.2, 0.25) is 0 Å². The number of fused-ring (bicyclic) bond motifs is 1. The van der Waals surface area contributed by atoms with Gasteiger partial charge in [-0.2, -0.15) is 0 Å². The molecule has 0 bridgehead atoms. The first-order chi connectivity index (χ1) is 9.95. The van der Waals surface area contributed by atoms with Crippen molar-refractivity contribution in [3.63, 3.8) is 0 Å². The molecule has 0 saturated carbocycles. The molecule has 2 unspecified atom stereocenters. The standard InChI is InChI=1S/C12H12N2O5S2/c13-21(16,17)12-9(18-7-19-12)6-20-10(12)11(15)14-8-4-2-1-3-5-8/h1-6,10H,7H2,(H,14,15)(H2,13,16,17). The Kier molecular flexibility index (Phi) is 3.44. The number of nitrogens with one attached hydrogen (secondary N) is 1. The van der Waals surface area contributed by atoms with Gasteiger partial charge in [0.1, 0.15) is 5.25 Å². The number of nitrogens with two attached hydrogens (primary N) is 1. The van der Waals surface area contributed by atoms with Gasteiger partial charge in [0.15, 0.2) is 12.6 Å². The fraction of sp³-hybridized carbons (Fsp3) is 0.250. The first-order valence-electron chi connectivity index (χ1n) is 5.96. The highest BCUT2D eigenvalue weighted by Crippen LogP contribution is 2.48. The molecule has 2 atom stereocenters. The molecule has 0 radical (unpaired) electrons. The van der Waals surface area contributed by atoms with Crippen LogP contribution in [0.3, 0.4) is 0 Å². The van der Waals surface area contributed by atoms with Crippen LogP contribution in [0.4, 0.5) is 5.69 Å². The number of primary sulfonamides is 1. The minimum Gasteiger partial charge on any atom is -0.467 e. The Balaban J connectivity index is 1.91. The molecular formula is C12H12N2O5S2. The van der Waals surface area contributed by atoms with Gasteiger partial charge in [-0.3, -0.25) is 4.79 Å². The maximum atomic E-state index is 12.4. The number of hydrogen-bond acceptors (Lipinski definition) is 6. The van der Waals surface area contributed by atoms with Gasteiger partial charge >= 0.3 is 0 Å². The summed E-state index contributed by atoms with van der Waals surface area (Å²) < 4.78 is 34.2. The topological polar surface area (TPSA) is 108 Å². The number of thioether (sulfide) groups is 1. The van der Waals surface area contributed by atoms with Gasteiger partial charge in [0.05, 0.1) is 0 Å². The van der Waals surface area contributed by atoms with Crippen molar-refractivity contribution < 1.29 is 22.7 Å². The first kappa shape index (κ1) is 14.4. The molecule has 2 heterocycles. The van der Waals surface area contributed by atoms with Crippen molar-refractivity contribution in [1.29, 1.82) is 0 Å². The van der Waals surface area contributed by atoms with Crippen molar-refractivity contribution in [3.8, 4) is 0 Å². The summed E-state index contributed by atoms with van der Waals surface area (Å²) in [6.45, 7) is -0.252. The van der Waals surface area contributed by atoms with Crippen LogP contribution in [0, 0.1) is 0 Å². The fourth-order valence-corrected chi connectivity index (χ4v) is 4.94. The zero-order chi connectivity index (χ0) is 15.1. The summed E-state index contributed by atoms with van der Waals surface area (Å²) in [6, 6.07) is 8.71. The smallest absolute Gasteiger partial charge is 0.264 e. The maximum Gasteiger partial charge on any atom is 0.264 e. The summed E-state index contributed by atoms with van der Waals surface area (Å²) in [5.74, 6) is -0.458. The second kappa shape index (κ2) is 5.02. The van der Waals surface area contributed by atoms with Gasteiger partial charge in [0.2, 0.25) is 15.9 Å². The summed E-state index contributed by atoms with van der Waals surface area (Å²) in [5.41, 5.74) is 0.556. The number of sulfonamides is 1. The molecular weight excluding hydrogens is 316 g/mol. The third-order valence-electron chi connectivity index (χ3n) is 3.19. The number of benzene rings is 1. The minimum absolute atomic E-state index is 0.0585. The lowest BCUT2D eigenvalue weighted by Gasteiger charge is -2.26. The van der Waals surface area contributed by atoms with E-state index >= 15 is 0 Å². The zero-order valence-electron chi connectivity index (χ0n) is 10.7. The van der Waals surface area contributed by atoms with Crippen LogP contribution < -0.4 is 10.5 Å². The third-order valence-corrected chi connectivity index (χ3v) is 5.91. The molecule has 0 aliphatic carbocycles. The van der Waals surface area contributed by atoms with E-state index in [1.54, 1.807) is 30.3 Å². The van der Waals surface area contributed by atoms with E-state index in [-0.39, 0.29) is 12.6 Å². The number of hydrogen-bond donors (Lipinski definition) is 2. The van der Waals surface area contributed by atoms with Gasteiger partial charge < -0.3 is 14.8 Å². The van der Waals surface area contributed by atoms with Gasteiger partial charge in [-0.05, 0) is 12.1 Å². The number of anilines is 1. The van der Waals surface area contributed by atoms with E-state index in [4.69, 9.17) is 14.6 Å². The summed E-state index contributed by atoms with van der Waals surface area (Å²) >= 11 is 1.00. The minimum atomic E-state index is -4.18. The molecule has 0 spiro atoms. The number of rotatable bonds is 3. The average Bonchev–Trinajstić information content (AvgIpc) is 2.97. The van der Waals surface area contributed by atoms with Crippen LogP contribution in [-0.4, -0.2) is 31.3 Å². The quantitative estimate of drug-likeness (QED) is 0.840. The van der Waals surface area contributed by atoms with E-state index < -0.39 is 26.1 Å². The van der Waals surface area contributed by atoms with Crippen LogP contribution >= 0.6 is 11.8 Å².